The fourth-order valence-corrected chi connectivity index (χ4v) is 5.44. The van der Waals surface area contributed by atoms with E-state index in [0.717, 1.165) is 38.0 Å². The van der Waals surface area contributed by atoms with Crippen LogP contribution in [0.25, 0.3) is 0 Å². The number of hydrogen-bond acceptors (Lipinski definition) is 5. The topological polar surface area (TPSA) is 71.3 Å². The highest BCUT2D eigenvalue weighted by Gasteiger charge is 2.57. The maximum Gasteiger partial charge on any atom is 0.234 e. The molecule has 0 bridgehead atoms. The van der Waals surface area contributed by atoms with Gasteiger partial charge in [0.2, 0.25) is 11.8 Å². The van der Waals surface area contributed by atoms with Gasteiger partial charge in [0.15, 0.2) is 5.82 Å². The number of carbonyl (C=O) groups is 1. The number of halogens is 1. The van der Waals surface area contributed by atoms with Gasteiger partial charge in [0, 0.05) is 25.7 Å². The van der Waals surface area contributed by atoms with Gasteiger partial charge in [-0.2, -0.15) is 4.98 Å². The molecule has 1 aromatic heterocycles. The van der Waals surface area contributed by atoms with Crippen LogP contribution in [-0.4, -0.2) is 40.1 Å². The summed E-state index contributed by atoms with van der Waals surface area (Å²) in [6, 6.07) is 16.6. The summed E-state index contributed by atoms with van der Waals surface area (Å²) in [6.45, 7) is 4.49. The minimum Gasteiger partial charge on any atom is -0.353 e. The number of likely N-dealkylation sites (tertiary alicyclic amines) is 1. The van der Waals surface area contributed by atoms with Crippen molar-refractivity contribution in [3.05, 3.63) is 83.3 Å². The van der Waals surface area contributed by atoms with Crippen molar-refractivity contribution in [3.8, 4) is 0 Å². The van der Waals surface area contributed by atoms with Crippen LogP contribution in [0.1, 0.15) is 35.7 Å². The van der Waals surface area contributed by atoms with Gasteiger partial charge in [-0.05, 0) is 48.9 Å². The summed E-state index contributed by atoms with van der Waals surface area (Å²) in [6.07, 6.45) is 1.90. The molecule has 1 saturated heterocycles. The summed E-state index contributed by atoms with van der Waals surface area (Å²) in [5.41, 5.74) is 1.84. The van der Waals surface area contributed by atoms with Crippen molar-refractivity contribution in [2.45, 2.75) is 44.2 Å². The van der Waals surface area contributed by atoms with Crippen LogP contribution in [0.15, 0.2) is 59.1 Å². The van der Waals surface area contributed by atoms with Crippen LogP contribution in [0.5, 0.6) is 0 Å². The number of amides is 1. The second-order valence-electron chi connectivity index (χ2n) is 9.16. The van der Waals surface area contributed by atoms with Crippen molar-refractivity contribution in [1.82, 2.24) is 20.4 Å². The predicted octanol–water partition coefficient (Wildman–Crippen LogP) is 3.41. The molecule has 0 spiro atoms. The highest BCUT2D eigenvalue weighted by atomic mass is 19.1. The number of aryl methyl sites for hydroxylation is 1. The first kappa shape index (κ1) is 20.8. The van der Waals surface area contributed by atoms with Crippen LogP contribution < -0.4 is 5.32 Å². The van der Waals surface area contributed by atoms with Crippen LogP contribution in [0.2, 0.25) is 0 Å². The van der Waals surface area contributed by atoms with Gasteiger partial charge in [-0.15, -0.1) is 0 Å². The number of hydrogen-bond donors (Lipinski definition) is 1. The van der Waals surface area contributed by atoms with E-state index in [1.54, 1.807) is 12.1 Å². The zero-order chi connectivity index (χ0) is 22.1. The first-order chi connectivity index (χ1) is 15.5. The van der Waals surface area contributed by atoms with Crippen LogP contribution in [-0.2, 0) is 23.2 Å². The number of rotatable bonds is 6. The Morgan fingerprint density at radius 3 is 2.69 bits per heavy atom. The number of fused-ring (bicyclic) bond motifs is 1. The Kier molecular flexibility index (Phi) is 5.51. The summed E-state index contributed by atoms with van der Waals surface area (Å²) in [5, 5.41) is 7.25. The molecule has 3 unspecified atom stereocenters. The van der Waals surface area contributed by atoms with E-state index in [1.165, 1.54) is 17.7 Å². The van der Waals surface area contributed by atoms with E-state index in [4.69, 9.17) is 4.52 Å². The van der Waals surface area contributed by atoms with Gasteiger partial charge in [-0.3, -0.25) is 9.69 Å². The van der Waals surface area contributed by atoms with Crippen LogP contribution in [0.3, 0.4) is 0 Å². The second-order valence-corrected chi connectivity index (χ2v) is 9.16. The summed E-state index contributed by atoms with van der Waals surface area (Å²) in [5.74, 6) is 1.32. The molecule has 6 nitrogen and oxygen atoms in total. The van der Waals surface area contributed by atoms with E-state index in [2.05, 4.69) is 44.6 Å². The SMILES string of the molecule is Cc1noc(C23CC(NC(=O)Cc4ccc(F)cc4)CC2CN(Cc2ccccc2)C3)n1. The third-order valence-corrected chi connectivity index (χ3v) is 6.79. The molecule has 2 aromatic carbocycles. The average molecular weight is 435 g/mol. The van der Waals surface area contributed by atoms with E-state index in [9.17, 15) is 9.18 Å². The zero-order valence-corrected chi connectivity index (χ0v) is 18.1. The fourth-order valence-electron chi connectivity index (χ4n) is 5.44. The molecule has 1 amide bonds. The van der Waals surface area contributed by atoms with Crippen molar-refractivity contribution >= 4 is 5.91 Å². The molecule has 7 heteroatoms. The van der Waals surface area contributed by atoms with Crippen molar-refractivity contribution < 1.29 is 13.7 Å². The average Bonchev–Trinajstić information content (AvgIpc) is 3.43. The lowest BCUT2D eigenvalue weighted by Crippen LogP contribution is -2.38. The molecule has 2 fully saturated rings. The highest BCUT2D eigenvalue weighted by molar-refractivity contribution is 5.78. The van der Waals surface area contributed by atoms with Crippen molar-refractivity contribution in [2.75, 3.05) is 13.1 Å². The lowest BCUT2D eigenvalue weighted by molar-refractivity contribution is -0.121. The van der Waals surface area contributed by atoms with E-state index in [-0.39, 0.29) is 29.6 Å². The van der Waals surface area contributed by atoms with E-state index >= 15 is 0 Å². The molecular weight excluding hydrogens is 407 g/mol. The number of aromatic nitrogens is 2. The monoisotopic (exact) mass is 434 g/mol. The molecule has 2 aliphatic rings. The normalized spacial score (nSPS) is 25.1. The lowest BCUT2D eigenvalue weighted by atomic mass is 9.80. The molecule has 2 heterocycles. The Balaban J connectivity index is 1.29. The minimum absolute atomic E-state index is 0.0421. The molecule has 1 aliphatic heterocycles. The van der Waals surface area contributed by atoms with Gasteiger partial charge < -0.3 is 9.84 Å². The number of carbonyl (C=O) groups excluding carboxylic acids is 1. The van der Waals surface area contributed by atoms with Gasteiger partial charge in [0.05, 0.1) is 11.8 Å². The summed E-state index contributed by atoms with van der Waals surface area (Å²) >= 11 is 0. The third kappa shape index (κ3) is 4.17. The van der Waals surface area contributed by atoms with Crippen LogP contribution >= 0.6 is 0 Å². The van der Waals surface area contributed by atoms with Gasteiger partial charge in [0.1, 0.15) is 5.82 Å². The number of nitrogens with one attached hydrogen (secondary N) is 1. The molecule has 1 N–H and O–H groups in total. The largest absolute Gasteiger partial charge is 0.353 e. The van der Waals surface area contributed by atoms with Crippen LogP contribution in [0, 0.1) is 18.7 Å². The van der Waals surface area contributed by atoms with Crippen molar-refractivity contribution in [2.24, 2.45) is 5.92 Å². The van der Waals surface area contributed by atoms with Gasteiger partial charge >= 0.3 is 0 Å². The fraction of sp³-hybridized carbons (Fsp3) is 0.400. The summed E-state index contributed by atoms with van der Waals surface area (Å²) in [7, 11) is 0. The van der Waals surface area contributed by atoms with Gasteiger partial charge in [-0.1, -0.05) is 47.6 Å². The Hall–Kier alpha value is -3.06. The minimum atomic E-state index is -0.297. The molecule has 32 heavy (non-hydrogen) atoms. The second kappa shape index (κ2) is 8.47. The lowest BCUT2D eigenvalue weighted by Gasteiger charge is -2.25. The van der Waals surface area contributed by atoms with Gasteiger partial charge in [0.25, 0.3) is 0 Å². The highest BCUT2D eigenvalue weighted by Crippen LogP contribution is 2.50. The third-order valence-electron chi connectivity index (χ3n) is 6.79. The Morgan fingerprint density at radius 1 is 1.19 bits per heavy atom. The molecular formula is C25H27FN4O2. The smallest absolute Gasteiger partial charge is 0.234 e. The maximum absolute atomic E-state index is 13.1. The predicted molar refractivity (Wildman–Crippen MR) is 117 cm³/mol. The maximum atomic E-state index is 13.1. The number of nitrogens with zero attached hydrogens (tertiary/aromatic N) is 3. The van der Waals surface area contributed by atoms with E-state index in [0.29, 0.717) is 17.6 Å². The molecule has 5 rings (SSSR count). The van der Waals surface area contributed by atoms with Crippen molar-refractivity contribution in [1.29, 1.82) is 0 Å². The molecule has 166 valence electrons. The summed E-state index contributed by atoms with van der Waals surface area (Å²) < 4.78 is 18.8. The van der Waals surface area contributed by atoms with Gasteiger partial charge in [-0.25, -0.2) is 4.39 Å². The molecule has 3 aromatic rings. The molecule has 3 atom stereocenters. The molecule has 0 radical (unpaired) electrons. The Bertz CT molecular complexity index is 1080. The first-order valence-corrected chi connectivity index (χ1v) is 11.1. The van der Waals surface area contributed by atoms with Crippen molar-refractivity contribution in [3.63, 3.8) is 0 Å². The Morgan fingerprint density at radius 2 is 1.97 bits per heavy atom. The standard InChI is InChI=1S/C25H27FN4O2/c1-17-27-24(32-29-17)25-13-22(28-23(31)11-18-7-9-21(26)10-8-18)12-20(25)15-30(16-25)14-19-5-3-2-4-6-19/h2-10,20,22H,11-16H2,1H3,(H,28,31). The summed E-state index contributed by atoms with van der Waals surface area (Å²) in [4.78, 5) is 19.7. The Labute approximate surface area is 186 Å². The van der Waals surface area contributed by atoms with E-state index in [1.807, 2.05) is 13.0 Å². The first-order valence-electron chi connectivity index (χ1n) is 11.1. The quantitative estimate of drug-likeness (QED) is 0.644. The zero-order valence-electron chi connectivity index (χ0n) is 18.1. The van der Waals surface area contributed by atoms with E-state index < -0.39 is 0 Å². The molecule has 1 aliphatic carbocycles. The van der Waals surface area contributed by atoms with Crippen LogP contribution in [0.4, 0.5) is 4.39 Å². The number of benzene rings is 2. The molecule has 1 saturated carbocycles.